The maximum Gasteiger partial charge on any atom is 0.391 e. The van der Waals surface area contributed by atoms with Gasteiger partial charge in [-0.25, -0.2) is 0 Å². The van der Waals surface area contributed by atoms with Gasteiger partial charge in [-0.05, 0) is 49.6 Å². The van der Waals surface area contributed by atoms with Crippen LogP contribution in [0.3, 0.4) is 0 Å². The average Bonchev–Trinajstić information content (AvgIpc) is 2.72. The van der Waals surface area contributed by atoms with Crippen LogP contribution in [0.25, 0.3) is 0 Å². The van der Waals surface area contributed by atoms with Gasteiger partial charge in [0.1, 0.15) is 0 Å². The van der Waals surface area contributed by atoms with Crippen molar-refractivity contribution in [2.24, 2.45) is 5.92 Å². The van der Waals surface area contributed by atoms with Crippen LogP contribution in [0.4, 0.5) is 13.2 Å². The molecule has 1 aliphatic rings. The molecule has 0 amide bonds. The van der Waals surface area contributed by atoms with Crippen molar-refractivity contribution in [3.8, 4) is 0 Å². The lowest BCUT2D eigenvalue weighted by atomic mass is 9.85. The second-order valence-electron chi connectivity index (χ2n) is 5.00. The monoisotopic (exact) mass is 277 g/mol. The van der Waals surface area contributed by atoms with Gasteiger partial charge in [0, 0.05) is 17.5 Å². The third-order valence-corrected chi connectivity index (χ3v) is 4.73. The number of alkyl halides is 3. The third kappa shape index (κ3) is 3.48. The first-order valence-electron chi connectivity index (χ1n) is 6.30. The molecule has 1 aromatic rings. The highest BCUT2D eigenvalue weighted by Gasteiger charge is 2.41. The van der Waals surface area contributed by atoms with Crippen molar-refractivity contribution < 1.29 is 13.2 Å². The zero-order valence-corrected chi connectivity index (χ0v) is 11.2. The molecule has 1 saturated carbocycles. The van der Waals surface area contributed by atoms with Gasteiger partial charge in [0.25, 0.3) is 0 Å². The van der Waals surface area contributed by atoms with E-state index >= 15 is 0 Å². The number of halogens is 3. The number of aryl methyl sites for hydroxylation is 1. The topological polar surface area (TPSA) is 12.0 Å². The van der Waals surface area contributed by atoms with Crippen LogP contribution in [0.5, 0.6) is 0 Å². The molecule has 102 valence electrons. The lowest BCUT2D eigenvalue weighted by molar-refractivity contribution is -0.182. The maximum absolute atomic E-state index is 12.5. The molecule has 1 fully saturated rings. The highest BCUT2D eigenvalue weighted by Crippen LogP contribution is 2.37. The number of hydrogen-bond acceptors (Lipinski definition) is 2. The lowest BCUT2D eigenvalue weighted by Gasteiger charge is -2.30. The minimum Gasteiger partial charge on any atom is -0.309 e. The van der Waals surface area contributed by atoms with Crippen LogP contribution >= 0.6 is 11.3 Å². The van der Waals surface area contributed by atoms with Gasteiger partial charge in [0.2, 0.25) is 0 Å². The molecule has 0 aromatic carbocycles. The van der Waals surface area contributed by atoms with Crippen molar-refractivity contribution in [3.63, 3.8) is 0 Å². The number of rotatable bonds is 3. The summed E-state index contributed by atoms with van der Waals surface area (Å²) >= 11 is 1.70. The number of nitrogens with one attached hydrogen (secondary N) is 1. The summed E-state index contributed by atoms with van der Waals surface area (Å²) < 4.78 is 37.5. The van der Waals surface area contributed by atoms with E-state index in [1.165, 1.54) is 10.4 Å². The molecule has 1 aliphatic carbocycles. The van der Waals surface area contributed by atoms with E-state index in [9.17, 15) is 13.2 Å². The van der Waals surface area contributed by atoms with E-state index in [4.69, 9.17) is 0 Å². The average molecular weight is 277 g/mol. The summed E-state index contributed by atoms with van der Waals surface area (Å²) in [6.45, 7) is 2.85. The van der Waals surface area contributed by atoms with Gasteiger partial charge in [0.15, 0.2) is 0 Å². The molecule has 1 N–H and O–H groups in total. The Morgan fingerprint density at radius 2 is 1.94 bits per heavy atom. The molecule has 0 unspecified atom stereocenters. The summed E-state index contributed by atoms with van der Waals surface area (Å²) in [4.78, 5) is 1.29. The van der Waals surface area contributed by atoms with E-state index in [1.807, 2.05) is 5.38 Å². The molecule has 0 saturated heterocycles. The predicted molar refractivity (Wildman–Crippen MR) is 67.7 cm³/mol. The van der Waals surface area contributed by atoms with Crippen molar-refractivity contribution in [2.45, 2.75) is 51.4 Å². The molecule has 0 bridgehead atoms. The van der Waals surface area contributed by atoms with Crippen molar-refractivity contribution in [1.29, 1.82) is 0 Å². The molecular weight excluding hydrogens is 259 g/mol. The van der Waals surface area contributed by atoms with Crippen molar-refractivity contribution in [2.75, 3.05) is 0 Å². The third-order valence-electron chi connectivity index (χ3n) is 3.71. The maximum atomic E-state index is 12.5. The zero-order chi connectivity index (χ0) is 13.2. The molecule has 2 rings (SSSR count). The molecular formula is C13H18F3NS. The minimum absolute atomic E-state index is 0.241. The fourth-order valence-electron chi connectivity index (χ4n) is 2.45. The van der Waals surface area contributed by atoms with E-state index < -0.39 is 12.1 Å². The van der Waals surface area contributed by atoms with Crippen LogP contribution in [0.1, 0.15) is 36.1 Å². The Labute approximate surface area is 109 Å². The molecule has 0 radical (unpaired) electrons. The van der Waals surface area contributed by atoms with E-state index in [0.29, 0.717) is 12.8 Å². The Balaban J connectivity index is 1.76. The van der Waals surface area contributed by atoms with Crippen LogP contribution in [-0.2, 0) is 6.54 Å². The second-order valence-corrected chi connectivity index (χ2v) is 6.00. The highest BCUT2D eigenvalue weighted by molar-refractivity contribution is 7.10. The minimum atomic E-state index is -4.00. The van der Waals surface area contributed by atoms with E-state index in [-0.39, 0.29) is 18.9 Å². The highest BCUT2D eigenvalue weighted by atomic mass is 32.1. The summed E-state index contributed by atoms with van der Waals surface area (Å²) in [7, 11) is 0. The Morgan fingerprint density at radius 3 is 2.44 bits per heavy atom. The first-order valence-corrected chi connectivity index (χ1v) is 7.18. The van der Waals surface area contributed by atoms with Gasteiger partial charge in [0.05, 0.1) is 5.92 Å². The van der Waals surface area contributed by atoms with Gasteiger partial charge in [-0.15, -0.1) is 11.3 Å². The summed E-state index contributed by atoms with van der Waals surface area (Å²) in [5.41, 5.74) is 1.26. The zero-order valence-electron chi connectivity index (χ0n) is 10.4. The van der Waals surface area contributed by atoms with Crippen LogP contribution < -0.4 is 5.32 Å². The quantitative estimate of drug-likeness (QED) is 0.870. The normalized spacial score (nSPS) is 25.3. The first-order chi connectivity index (χ1) is 8.47. The Morgan fingerprint density at radius 1 is 1.28 bits per heavy atom. The van der Waals surface area contributed by atoms with E-state index in [1.54, 1.807) is 11.3 Å². The molecule has 1 aromatic heterocycles. The van der Waals surface area contributed by atoms with E-state index in [0.717, 1.165) is 6.54 Å². The molecule has 0 atom stereocenters. The van der Waals surface area contributed by atoms with Gasteiger partial charge < -0.3 is 5.32 Å². The van der Waals surface area contributed by atoms with Crippen LogP contribution in [0.2, 0.25) is 0 Å². The lowest BCUT2D eigenvalue weighted by Crippen LogP contribution is -2.36. The SMILES string of the molecule is Cc1ccsc1CNC1CCC(C(F)(F)F)CC1. The Kier molecular flexibility index (Phi) is 4.33. The van der Waals surface area contributed by atoms with Gasteiger partial charge in [-0.3, -0.25) is 0 Å². The predicted octanol–water partition coefficient (Wildman–Crippen LogP) is 4.27. The fraction of sp³-hybridized carbons (Fsp3) is 0.692. The summed E-state index contributed by atoms with van der Waals surface area (Å²) in [6, 6.07) is 2.31. The van der Waals surface area contributed by atoms with Crippen molar-refractivity contribution in [3.05, 3.63) is 21.9 Å². The molecule has 5 heteroatoms. The summed E-state index contributed by atoms with van der Waals surface area (Å²) in [6.07, 6.45) is -2.20. The largest absolute Gasteiger partial charge is 0.391 e. The van der Waals surface area contributed by atoms with Crippen molar-refractivity contribution >= 4 is 11.3 Å². The van der Waals surface area contributed by atoms with Gasteiger partial charge in [-0.2, -0.15) is 13.2 Å². The van der Waals surface area contributed by atoms with Crippen molar-refractivity contribution in [1.82, 2.24) is 5.32 Å². The summed E-state index contributed by atoms with van der Waals surface area (Å²) in [5, 5.41) is 5.43. The second kappa shape index (κ2) is 5.61. The van der Waals surface area contributed by atoms with Crippen LogP contribution in [0.15, 0.2) is 11.4 Å². The van der Waals surface area contributed by atoms with Crippen LogP contribution in [0, 0.1) is 12.8 Å². The molecule has 0 aliphatic heterocycles. The van der Waals surface area contributed by atoms with Gasteiger partial charge in [-0.1, -0.05) is 0 Å². The number of hydrogen-bond donors (Lipinski definition) is 1. The molecule has 0 spiro atoms. The Bertz CT molecular complexity index is 378. The smallest absolute Gasteiger partial charge is 0.309 e. The number of thiophene rings is 1. The summed E-state index contributed by atoms with van der Waals surface area (Å²) in [5.74, 6) is -1.08. The molecule has 18 heavy (non-hydrogen) atoms. The standard InChI is InChI=1S/C13H18F3NS/c1-9-6-7-18-12(9)8-17-11-4-2-10(3-5-11)13(14,15)16/h6-7,10-11,17H,2-5,8H2,1H3. The van der Waals surface area contributed by atoms with E-state index in [2.05, 4.69) is 18.3 Å². The fourth-order valence-corrected chi connectivity index (χ4v) is 3.30. The van der Waals surface area contributed by atoms with Gasteiger partial charge >= 0.3 is 6.18 Å². The first kappa shape index (κ1) is 13.9. The molecule has 1 heterocycles. The van der Waals surface area contributed by atoms with Crippen LogP contribution in [-0.4, -0.2) is 12.2 Å². The Hall–Kier alpha value is -0.550. The molecule has 1 nitrogen and oxygen atoms in total.